The predicted octanol–water partition coefficient (Wildman–Crippen LogP) is 7.93. The van der Waals surface area contributed by atoms with Gasteiger partial charge in [0.15, 0.2) is 5.82 Å². The number of phenolic OH excluding ortho intramolecular Hbond substituents is 1. The maximum absolute atomic E-state index is 16.9. The molecule has 1 N–H and O–H groups in total. The first kappa shape index (κ1) is 30.3. The Morgan fingerprint density at radius 2 is 1.89 bits per heavy atom. The van der Waals surface area contributed by atoms with Gasteiger partial charge in [-0.15, -0.1) is 0 Å². The Balaban J connectivity index is 1.41. The number of aryl methyl sites for hydroxylation is 1. The van der Waals surface area contributed by atoms with Crippen molar-refractivity contribution >= 4 is 39.1 Å². The van der Waals surface area contributed by atoms with E-state index in [1.807, 2.05) is 0 Å². The Bertz CT molecular complexity index is 1790. The number of hydrogen-bond donors (Lipinski definition) is 1. The summed E-state index contributed by atoms with van der Waals surface area (Å²) < 4.78 is 67.4. The Morgan fingerprint density at radius 1 is 1.04 bits per heavy atom. The Labute approximate surface area is 264 Å². The van der Waals surface area contributed by atoms with Gasteiger partial charge in [-0.3, -0.25) is 4.90 Å². The van der Waals surface area contributed by atoms with E-state index in [0.717, 1.165) is 25.8 Å². The van der Waals surface area contributed by atoms with Crippen molar-refractivity contribution in [2.24, 2.45) is 0 Å². The molecule has 0 spiro atoms. The summed E-state index contributed by atoms with van der Waals surface area (Å²) in [7, 11) is 0. The minimum absolute atomic E-state index is 0.0174. The fourth-order valence-corrected chi connectivity index (χ4v) is 7.98. The minimum atomic E-state index is -1.09. The number of phenols is 1. The van der Waals surface area contributed by atoms with E-state index >= 15 is 4.39 Å². The lowest BCUT2D eigenvalue weighted by molar-refractivity contribution is 0.107. The first-order valence-electron chi connectivity index (χ1n) is 15.7. The van der Waals surface area contributed by atoms with Crippen LogP contribution in [0.3, 0.4) is 0 Å². The fraction of sp³-hybridized carbons (Fsp3) is 0.471. The van der Waals surface area contributed by atoms with Crippen LogP contribution in [0.1, 0.15) is 51.0 Å². The molecule has 0 bridgehead atoms. The van der Waals surface area contributed by atoms with Gasteiger partial charge in [-0.2, -0.15) is 9.97 Å². The zero-order valence-corrected chi connectivity index (χ0v) is 25.8. The number of aromatic hydroxyl groups is 1. The molecule has 6 nitrogen and oxygen atoms in total. The molecule has 45 heavy (non-hydrogen) atoms. The van der Waals surface area contributed by atoms with Crippen LogP contribution in [0.25, 0.3) is 32.8 Å². The number of ether oxygens (including phenoxy) is 1. The average molecular weight is 643 g/mol. The molecule has 3 aliphatic heterocycles. The van der Waals surface area contributed by atoms with Crippen molar-refractivity contribution in [1.29, 1.82) is 0 Å². The molecule has 3 aliphatic rings. The predicted molar refractivity (Wildman–Crippen MR) is 168 cm³/mol. The summed E-state index contributed by atoms with van der Waals surface area (Å²) >= 11 is 6.83. The van der Waals surface area contributed by atoms with Crippen LogP contribution in [0.4, 0.5) is 23.4 Å². The smallest absolute Gasteiger partial charge is 0.319 e. The molecule has 3 aromatic carbocycles. The van der Waals surface area contributed by atoms with E-state index in [-0.39, 0.29) is 46.6 Å². The van der Waals surface area contributed by atoms with Crippen LogP contribution in [0.15, 0.2) is 30.3 Å². The van der Waals surface area contributed by atoms with Crippen LogP contribution < -0.4 is 9.64 Å². The number of nitrogens with zero attached hydrogens (tertiary/aromatic N) is 4. The molecule has 7 rings (SSSR count). The van der Waals surface area contributed by atoms with E-state index in [0.29, 0.717) is 66.3 Å². The van der Waals surface area contributed by atoms with Gasteiger partial charge in [0.2, 0.25) is 0 Å². The summed E-state index contributed by atoms with van der Waals surface area (Å²) in [6.07, 6.45) is 2.21. The normalized spacial score (nSPS) is 24.0. The van der Waals surface area contributed by atoms with E-state index in [9.17, 15) is 18.3 Å². The van der Waals surface area contributed by atoms with Crippen LogP contribution in [0.2, 0.25) is 5.02 Å². The molecule has 3 atom stereocenters. The average Bonchev–Trinajstić information content (AvgIpc) is 3.43. The summed E-state index contributed by atoms with van der Waals surface area (Å²) in [6, 6.07) is 7.20. The number of hydrogen-bond acceptors (Lipinski definition) is 6. The van der Waals surface area contributed by atoms with Crippen molar-refractivity contribution in [2.75, 3.05) is 37.7 Å². The molecular formula is C34H35ClF4N4O2. The highest BCUT2D eigenvalue weighted by atomic mass is 35.5. The molecule has 0 aliphatic carbocycles. The molecule has 11 heteroatoms. The van der Waals surface area contributed by atoms with Crippen molar-refractivity contribution in [3.8, 4) is 22.9 Å². The third-order valence-corrected chi connectivity index (χ3v) is 10.1. The van der Waals surface area contributed by atoms with Crippen LogP contribution in [0, 0.1) is 11.6 Å². The molecule has 238 valence electrons. The third kappa shape index (κ3) is 5.33. The Hall–Kier alpha value is -3.37. The second-order valence-electron chi connectivity index (χ2n) is 12.6. The first-order chi connectivity index (χ1) is 21.7. The number of fused-ring (bicyclic) bond motifs is 3. The van der Waals surface area contributed by atoms with E-state index in [1.165, 1.54) is 24.3 Å². The molecule has 4 heterocycles. The number of halogens is 5. The zero-order chi connectivity index (χ0) is 31.5. The lowest BCUT2D eigenvalue weighted by Gasteiger charge is -2.31. The van der Waals surface area contributed by atoms with Gasteiger partial charge >= 0.3 is 6.01 Å². The van der Waals surface area contributed by atoms with Gasteiger partial charge in [0.05, 0.1) is 17.1 Å². The highest BCUT2D eigenvalue weighted by Crippen LogP contribution is 2.45. The van der Waals surface area contributed by atoms with E-state index in [2.05, 4.69) is 14.9 Å². The summed E-state index contributed by atoms with van der Waals surface area (Å²) in [4.78, 5) is 13.1. The van der Waals surface area contributed by atoms with Crippen LogP contribution >= 0.6 is 11.6 Å². The number of benzene rings is 3. The molecule has 4 aromatic rings. The third-order valence-electron chi connectivity index (χ3n) is 9.76. The van der Waals surface area contributed by atoms with Gasteiger partial charge in [0.1, 0.15) is 41.9 Å². The standard InChI is InChI=1S/C34H35ClF4N4O2/c1-2-23-27(38)8-7-19-12-22(44)13-24(28(19)23)29-26(35)14-25-31(30(29)39)40-33(41-32(25)42-10-4-3-6-20(36)16-42)45-18-34-9-5-11-43(34)17-21(37)15-34/h7-8,12-14,20-21,44H,2-6,9-11,15-18H2,1H3/t20?,21-,34+/m1/s1. The minimum Gasteiger partial charge on any atom is -0.508 e. The largest absolute Gasteiger partial charge is 0.508 e. The van der Waals surface area contributed by atoms with Gasteiger partial charge in [0, 0.05) is 30.5 Å². The van der Waals surface area contributed by atoms with E-state index < -0.39 is 29.5 Å². The van der Waals surface area contributed by atoms with Gasteiger partial charge < -0.3 is 14.7 Å². The van der Waals surface area contributed by atoms with Gasteiger partial charge in [-0.1, -0.05) is 24.6 Å². The Kier molecular flexibility index (Phi) is 7.92. The maximum atomic E-state index is 16.9. The number of rotatable bonds is 6. The first-order valence-corrected chi connectivity index (χ1v) is 16.1. The summed E-state index contributed by atoms with van der Waals surface area (Å²) in [5, 5.41) is 11.9. The molecule has 3 saturated heterocycles. The summed E-state index contributed by atoms with van der Waals surface area (Å²) in [5.41, 5.74) is -0.0121. The summed E-state index contributed by atoms with van der Waals surface area (Å²) in [5.74, 6) is -1.06. The number of aromatic nitrogens is 2. The zero-order valence-electron chi connectivity index (χ0n) is 25.1. The van der Waals surface area contributed by atoms with Crippen molar-refractivity contribution in [3.05, 3.63) is 52.6 Å². The van der Waals surface area contributed by atoms with Crippen molar-refractivity contribution < 1.29 is 27.4 Å². The quantitative estimate of drug-likeness (QED) is 0.216. The van der Waals surface area contributed by atoms with E-state index in [1.54, 1.807) is 17.9 Å². The molecule has 1 aromatic heterocycles. The fourth-order valence-electron chi connectivity index (χ4n) is 7.69. The second-order valence-corrected chi connectivity index (χ2v) is 13.1. The van der Waals surface area contributed by atoms with E-state index in [4.69, 9.17) is 16.3 Å². The molecule has 0 radical (unpaired) electrons. The second kappa shape index (κ2) is 11.8. The monoisotopic (exact) mass is 642 g/mol. The lowest BCUT2D eigenvalue weighted by atomic mass is 9.92. The molecule has 3 fully saturated rings. The van der Waals surface area contributed by atoms with Gasteiger partial charge in [0.25, 0.3) is 0 Å². The number of anilines is 1. The molecule has 0 saturated carbocycles. The van der Waals surface area contributed by atoms with Gasteiger partial charge in [-0.05, 0) is 91.2 Å². The van der Waals surface area contributed by atoms with Crippen molar-refractivity contribution in [2.45, 2.75) is 69.8 Å². The molecule has 1 unspecified atom stereocenters. The highest BCUT2D eigenvalue weighted by Gasteiger charge is 2.49. The SMILES string of the molecule is CCc1c(F)ccc2cc(O)cc(-c3c(Cl)cc4c(N5CCCCC(F)C5)nc(OC[C@@]56CCCN5C[C@H](F)C6)nc4c3F)c12. The van der Waals surface area contributed by atoms with Crippen LogP contribution in [-0.4, -0.2) is 70.6 Å². The van der Waals surface area contributed by atoms with Crippen LogP contribution in [-0.2, 0) is 6.42 Å². The topological polar surface area (TPSA) is 61.7 Å². The van der Waals surface area contributed by atoms with Crippen molar-refractivity contribution in [1.82, 2.24) is 14.9 Å². The van der Waals surface area contributed by atoms with Gasteiger partial charge in [-0.25, -0.2) is 17.6 Å². The van der Waals surface area contributed by atoms with Crippen molar-refractivity contribution in [3.63, 3.8) is 0 Å². The molecular weight excluding hydrogens is 608 g/mol. The molecule has 0 amide bonds. The number of alkyl halides is 2. The maximum Gasteiger partial charge on any atom is 0.319 e. The highest BCUT2D eigenvalue weighted by molar-refractivity contribution is 6.35. The summed E-state index contributed by atoms with van der Waals surface area (Å²) in [6.45, 7) is 3.66. The Morgan fingerprint density at radius 3 is 2.71 bits per heavy atom. The van der Waals surface area contributed by atoms with Crippen LogP contribution in [0.5, 0.6) is 11.8 Å². The lowest BCUT2D eigenvalue weighted by Crippen LogP contribution is -2.43.